The lowest BCUT2D eigenvalue weighted by atomic mass is 9.83. The van der Waals surface area contributed by atoms with Crippen LogP contribution in [0.5, 0.6) is 0 Å². The summed E-state index contributed by atoms with van der Waals surface area (Å²) in [6.45, 7) is 3.86. The molecule has 0 aliphatic carbocycles. The van der Waals surface area contributed by atoms with Gasteiger partial charge in [0.25, 0.3) is 5.56 Å². The first-order valence-corrected chi connectivity index (χ1v) is 7.61. The Labute approximate surface area is 124 Å². The summed E-state index contributed by atoms with van der Waals surface area (Å²) in [6.07, 6.45) is 3.07. The molecule has 4 nitrogen and oxygen atoms in total. The molecule has 21 heavy (non-hydrogen) atoms. The van der Waals surface area contributed by atoms with Crippen molar-refractivity contribution in [2.45, 2.75) is 25.4 Å². The van der Waals surface area contributed by atoms with Crippen LogP contribution >= 0.6 is 0 Å². The van der Waals surface area contributed by atoms with Gasteiger partial charge >= 0.3 is 0 Å². The number of likely N-dealkylation sites (tertiary alicyclic amines) is 1. The van der Waals surface area contributed by atoms with Crippen LogP contribution in [0.3, 0.4) is 0 Å². The summed E-state index contributed by atoms with van der Waals surface area (Å²) in [5.41, 5.74) is 2.49. The third-order valence-electron chi connectivity index (χ3n) is 4.67. The largest absolute Gasteiger partial charge is 0.312 e. The molecule has 1 saturated heterocycles. The Morgan fingerprint density at radius 2 is 2.05 bits per heavy atom. The summed E-state index contributed by atoms with van der Waals surface area (Å²) >= 11 is 0. The highest BCUT2D eigenvalue weighted by atomic mass is 16.1. The molecule has 4 heteroatoms. The summed E-state index contributed by atoms with van der Waals surface area (Å²) in [5, 5.41) is 0. The van der Waals surface area contributed by atoms with Gasteiger partial charge in [0.2, 0.25) is 0 Å². The van der Waals surface area contributed by atoms with Gasteiger partial charge in [-0.25, -0.2) is 0 Å². The predicted molar refractivity (Wildman–Crippen MR) is 81.1 cm³/mol. The molecule has 0 N–H and O–H groups in total. The van der Waals surface area contributed by atoms with Gasteiger partial charge in [0.05, 0.1) is 5.69 Å². The van der Waals surface area contributed by atoms with Crippen molar-refractivity contribution in [2.75, 3.05) is 13.1 Å². The van der Waals surface area contributed by atoms with Gasteiger partial charge in [0, 0.05) is 50.1 Å². The fourth-order valence-electron chi connectivity index (χ4n) is 3.85. The van der Waals surface area contributed by atoms with Crippen molar-refractivity contribution in [1.29, 1.82) is 0 Å². The third kappa shape index (κ3) is 2.40. The number of hydrogen-bond donors (Lipinski definition) is 0. The fourth-order valence-corrected chi connectivity index (χ4v) is 3.85. The van der Waals surface area contributed by atoms with E-state index in [4.69, 9.17) is 0 Å². The highest BCUT2D eigenvalue weighted by Gasteiger charge is 2.34. The van der Waals surface area contributed by atoms with Crippen molar-refractivity contribution in [3.63, 3.8) is 0 Å². The zero-order chi connectivity index (χ0) is 14.2. The second-order valence-corrected chi connectivity index (χ2v) is 6.21. The van der Waals surface area contributed by atoms with Gasteiger partial charge in [-0.1, -0.05) is 12.1 Å². The molecule has 2 atom stereocenters. The first-order chi connectivity index (χ1) is 10.3. The zero-order valence-corrected chi connectivity index (χ0v) is 12.0. The number of aromatic nitrogens is 2. The van der Waals surface area contributed by atoms with Crippen molar-refractivity contribution in [2.24, 2.45) is 5.92 Å². The molecule has 0 radical (unpaired) electrons. The van der Waals surface area contributed by atoms with Crippen molar-refractivity contribution in [3.8, 4) is 0 Å². The molecule has 2 bridgehead atoms. The third-order valence-corrected chi connectivity index (χ3v) is 4.67. The second-order valence-electron chi connectivity index (χ2n) is 6.21. The number of rotatable bonds is 2. The lowest BCUT2D eigenvalue weighted by Crippen LogP contribution is -2.46. The van der Waals surface area contributed by atoms with Crippen molar-refractivity contribution in [3.05, 3.63) is 64.3 Å². The maximum absolute atomic E-state index is 12.0. The molecule has 2 aliphatic heterocycles. The lowest BCUT2D eigenvalue weighted by molar-refractivity contribution is 0.113. The van der Waals surface area contributed by atoms with Crippen LogP contribution in [0, 0.1) is 5.92 Å². The van der Waals surface area contributed by atoms with Crippen LogP contribution in [0.4, 0.5) is 0 Å². The fraction of sp³-hybridized carbons (Fsp3) is 0.412. The molecule has 0 amide bonds. The van der Waals surface area contributed by atoms with Gasteiger partial charge in [-0.05, 0) is 30.5 Å². The van der Waals surface area contributed by atoms with Crippen LogP contribution in [0.2, 0.25) is 0 Å². The van der Waals surface area contributed by atoms with E-state index >= 15 is 0 Å². The second kappa shape index (κ2) is 5.11. The predicted octanol–water partition coefficient (Wildman–Crippen LogP) is 1.86. The standard InChI is InChI=1S/C17H19N3O/c21-17-6-3-5-16-14-8-13(10-20(16)17)9-19(11-14)12-15-4-1-2-7-18-15/h1-7,13-14H,8-12H2. The van der Waals surface area contributed by atoms with Crippen LogP contribution in [-0.2, 0) is 13.1 Å². The maximum Gasteiger partial charge on any atom is 0.250 e. The van der Waals surface area contributed by atoms with Crippen LogP contribution in [0.25, 0.3) is 0 Å². The first kappa shape index (κ1) is 12.8. The number of piperidine rings is 1. The van der Waals surface area contributed by atoms with Crippen LogP contribution in [-0.4, -0.2) is 27.5 Å². The van der Waals surface area contributed by atoms with E-state index in [1.54, 1.807) is 6.07 Å². The van der Waals surface area contributed by atoms with E-state index in [0.717, 1.165) is 31.9 Å². The first-order valence-electron chi connectivity index (χ1n) is 7.61. The highest BCUT2D eigenvalue weighted by Crippen LogP contribution is 2.35. The van der Waals surface area contributed by atoms with Gasteiger partial charge in [-0.2, -0.15) is 0 Å². The highest BCUT2D eigenvalue weighted by molar-refractivity contribution is 5.17. The molecule has 108 valence electrons. The average Bonchev–Trinajstić information content (AvgIpc) is 2.49. The monoisotopic (exact) mass is 281 g/mol. The number of fused-ring (bicyclic) bond motifs is 4. The number of nitrogens with zero attached hydrogens (tertiary/aromatic N) is 3. The smallest absolute Gasteiger partial charge is 0.250 e. The minimum Gasteiger partial charge on any atom is -0.312 e. The normalized spacial score (nSPS) is 24.6. The molecule has 2 aromatic rings. The van der Waals surface area contributed by atoms with E-state index in [9.17, 15) is 4.79 Å². The summed E-state index contributed by atoms with van der Waals surface area (Å²) in [5.74, 6) is 1.06. The summed E-state index contributed by atoms with van der Waals surface area (Å²) in [4.78, 5) is 18.9. The van der Waals surface area contributed by atoms with Crippen LogP contribution in [0.1, 0.15) is 23.7 Å². The molecular formula is C17H19N3O. The van der Waals surface area contributed by atoms with Crippen molar-refractivity contribution >= 4 is 0 Å². The minimum atomic E-state index is 0.153. The Hall–Kier alpha value is -1.94. The maximum atomic E-state index is 12.0. The molecule has 0 saturated carbocycles. The molecule has 0 spiro atoms. The van der Waals surface area contributed by atoms with E-state index in [2.05, 4.69) is 22.0 Å². The topological polar surface area (TPSA) is 38.1 Å². The lowest BCUT2D eigenvalue weighted by Gasteiger charge is -2.42. The van der Waals surface area contributed by atoms with E-state index < -0.39 is 0 Å². The average molecular weight is 281 g/mol. The SMILES string of the molecule is O=c1cccc2n1CC1CC2CN(Cc2ccccn2)C1. The van der Waals surface area contributed by atoms with Gasteiger partial charge in [0.15, 0.2) is 0 Å². The Bertz CT molecular complexity index is 695. The molecule has 4 rings (SSSR count). The van der Waals surface area contributed by atoms with Gasteiger partial charge in [-0.3, -0.25) is 14.7 Å². The Morgan fingerprint density at radius 1 is 1.10 bits per heavy atom. The van der Waals surface area contributed by atoms with Gasteiger partial charge in [-0.15, -0.1) is 0 Å². The molecule has 2 unspecified atom stereocenters. The van der Waals surface area contributed by atoms with Crippen LogP contribution < -0.4 is 5.56 Å². The molecule has 1 fully saturated rings. The molecule has 4 heterocycles. The van der Waals surface area contributed by atoms with E-state index in [1.165, 1.54) is 12.1 Å². The van der Waals surface area contributed by atoms with E-state index in [-0.39, 0.29) is 5.56 Å². The number of pyridine rings is 2. The quantitative estimate of drug-likeness (QED) is 0.843. The molecule has 2 aliphatic rings. The van der Waals surface area contributed by atoms with Crippen molar-refractivity contribution < 1.29 is 0 Å². The summed E-state index contributed by atoms with van der Waals surface area (Å²) in [6, 6.07) is 11.8. The Balaban J connectivity index is 1.58. The Morgan fingerprint density at radius 3 is 2.90 bits per heavy atom. The van der Waals surface area contributed by atoms with E-state index in [0.29, 0.717) is 11.8 Å². The van der Waals surface area contributed by atoms with Gasteiger partial charge in [0.1, 0.15) is 0 Å². The van der Waals surface area contributed by atoms with E-state index in [1.807, 2.05) is 29.0 Å². The molecule has 0 aromatic carbocycles. The minimum absolute atomic E-state index is 0.153. The zero-order valence-electron chi connectivity index (χ0n) is 12.0. The van der Waals surface area contributed by atoms with Crippen LogP contribution in [0.15, 0.2) is 47.4 Å². The summed E-state index contributed by atoms with van der Waals surface area (Å²) < 4.78 is 1.98. The molecular weight excluding hydrogens is 262 g/mol. The summed E-state index contributed by atoms with van der Waals surface area (Å²) in [7, 11) is 0. The Kier molecular flexibility index (Phi) is 3.11. The van der Waals surface area contributed by atoms with Gasteiger partial charge < -0.3 is 4.57 Å². The number of hydrogen-bond acceptors (Lipinski definition) is 3. The molecule has 2 aromatic heterocycles. The van der Waals surface area contributed by atoms with Crippen molar-refractivity contribution in [1.82, 2.24) is 14.5 Å².